The summed E-state index contributed by atoms with van der Waals surface area (Å²) in [7, 11) is 0. The number of thioether (sulfide) groups is 1. The third kappa shape index (κ3) is 3.92. The lowest BCUT2D eigenvalue weighted by atomic mass is 9.96. The third-order valence-corrected chi connectivity index (χ3v) is 5.21. The highest BCUT2D eigenvalue weighted by Gasteiger charge is 2.22. The summed E-state index contributed by atoms with van der Waals surface area (Å²) >= 11 is 1.72. The number of furan rings is 1. The van der Waals surface area contributed by atoms with Gasteiger partial charge in [0.25, 0.3) is 5.91 Å². The van der Waals surface area contributed by atoms with E-state index in [1.807, 2.05) is 24.3 Å². The van der Waals surface area contributed by atoms with E-state index < -0.39 is 0 Å². The number of amides is 1. The van der Waals surface area contributed by atoms with Crippen LogP contribution in [0.25, 0.3) is 11.0 Å². The summed E-state index contributed by atoms with van der Waals surface area (Å²) in [6.07, 6.45) is 10.6. The highest BCUT2D eigenvalue weighted by Crippen LogP contribution is 2.29. The van der Waals surface area contributed by atoms with Crippen LogP contribution < -0.4 is 5.32 Å². The van der Waals surface area contributed by atoms with Crippen molar-refractivity contribution in [2.24, 2.45) is 0 Å². The van der Waals surface area contributed by atoms with Crippen LogP contribution >= 0.6 is 11.8 Å². The number of hydrogen-bond donors (Lipinski definition) is 1. The van der Waals surface area contributed by atoms with Gasteiger partial charge in [-0.25, -0.2) is 0 Å². The smallest absolute Gasteiger partial charge is 0.287 e. The van der Waals surface area contributed by atoms with Crippen molar-refractivity contribution in [1.82, 2.24) is 5.32 Å². The van der Waals surface area contributed by atoms with Gasteiger partial charge in [-0.2, -0.15) is 11.8 Å². The van der Waals surface area contributed by atoms with Gasteiger partial charge < -0.3 is 9.73 Å². The fourth-order valence-corrected chi connectivity index (χ4v) is 4.00. The van der Waals surface area contributed by atoms with Gasteiger partial charge in [-0.3, -0.25) is 4.79 Å². The van der Waals surface area contributed by atoms with Crippen LogP contribution in [0, 0.1) is 0 Å². The van der Waals surface area contributed by atoms with Crippen molar-refractivity contribution < 1.29 is 9.21 Å². The Kier molecular flexibility index (Phi) is 5.65. The standard InChI is InChI=1S/C19H25NO2S/c1-23-13-16-15-11-7-8-12-17(15)22-18(16)19(21)20-14-9-5-3-2-4-6-10-14/h7-8,11-12,14H,2-6,9-10,13H2,1H3,(H,20,21). The van der Waals surface area contributed by atoms with Crippen LogP contribution in [0.1, 0.15) is 61.1 Å². The Labute approximate surface area is 142 Å². The number of fused-ring (bicyclic) bond motifs is 1. The van der Waals surface area contributed by atoms with Gasteiger partial charge in [-0.15, -0.1) is 0 Å². The van der Waals surface area contributed by atoms with Crippen molar-refractivity contribution in [3.8, 4) is 0 Å². The lowest BCUT2D eigenvalue weighted by Gasteiger charge is -2.20. The van der Waals surface area contributed by atoms with Crippen molar-refractivity contribution in [3.05, 3.63) is 35.6 Å². The van der Waals surface area contributed by atoms with Crippen molar-refractivity contribution in [1.29, 1.82) is 0 Å². The zero-order chi connectivity index (χ0) is 16.1. The molecule has 0 bridgehead atoms. The summed E-state index contributed by atoms with van der Waals surface area (Å²) in [4.78, 5) is 12.8. The first kappa shape index (κ1) is 16.4. The predicted octanol–water partition coefficient (Wildman–Crippen LogP) is 5.14. The lowest BCUT2D eigenvalue weighted by Crippen LogP contribution is -2.35. The zero-order valence-electron chi connectivity index (χ0n) is 13.8. The Balaban J connectivity index is 1.80. The van der Waals surface area contributed by atoms with Crippen molar-refractivity contribution in [2.75, 3.05) is 6.26 Å². The number of hydrogen-bond acceptors (Lipinski definition) is 3. The van der Waals surface area contributed by atoms with E-state index >= 15 is 0 Å². The average Bonchev–Trinajstić information content (AvgIpc) is 2.89. The summed E-state index contributed by atoms with van der Waals surface area (Å²) in [5.41, 5.74) is 1.83. The highest BCUT2D eigenvalue weighted by molar-refractivity contribution is 7.97. The average molecular weight is 331 g/mol. The molecular formula is C19H25NO2S. The topological polar surface area (TPSA) is 42.2 Å². The molecule has 0 atom stereocenters. The maximum atomic E-state index is 12.8. The molecule has 0 aliphatic heterocycles. The molecule has 2 aromatic rings. The van der Waals surface area contributed by atoms with Crippen LogP contribution in [0.3, 0.4) is 0 Å². The molecule has 3 rings (SSSR count). The van der Waals surface area contributed by atoms with Gasteiger partial charge in [0.2, 0.25) is 0 Å². The Morgan fingerprint density at radius 2 is 1.87 bits per heavy atom. The second kappa shape index (κ2) is 7.91. The molecule has 1 N–H and O–H groups in total. The normalized spacial score (nSPS) is 16.9. The van der Waals surface area contributed by atoms with Gasteiger partial charge in [0, 0.05) is 22.7 Å². The van der Waals surface area contributed by atoms with E-state index in [-0.39, 0.29) is 11.9 Å². The molecule has 1 aliphatic carbocycles. The van der Waals surface area contributed by atoms with Crippen LogP contribution in [0.15, 0.2) is 28.7 Å². The van der Waals surface area contributed by atoms with E-state index in [2.05, 4.69) is 11.6 Å². The van der Waals surface area contributed by atoms with Gasteiger partial charge >= 0.3 is 0 Å². The van der Waals surface area contributed by atoms with E-state index in [0.717, 1.165) is 35.1 Å². The molecule has 0 saturated heterocycles. The van der Waals surface area contributed by atoms with Gasteiger partial charge in [-0.05, 0) is 25.2 Å². The first-order valence-corrected chi connectivity index (χ1v) is 9.99. The Morgan fingerprint density at radius 3 is 2.61 bits per heavy atom. The van der Waals surface area contributed by atoms with Gasteiger partial charge in [0.1, 0.15) is 5.58 Å². The first-order valence-electron chi connectivity index (χ1n) is 8.60. The molecule has 1 fully saturated rings. The van der Waals surface area contributed by atoms with Gasteiger partial charge in [-0.1, -0.05) is 50.3 Å². The van der Waals surface area contributed by atoms with E-state index in [4.69, 9.17) is 4.42 Å². The summed E-state index contributed by atoms with van der Waals surface area (Å²) in [6.45, 7) is 0. The van der Waals surface area contributed by atoms with Crippen LogP contribution in [-0.4, -0.2) is 18.2 Å². The second-order valence-corrected chi connectivity index (χ2v) is 7.22. The Bertz CT molecular complexity index is 656. The number of carbonyl (C=O) groups is 1. The molecular weight excluding hydrogens is 306 g/mol. The molecule has 3 nitrogen and oxygen atoms in total. The Morgan fingerprint density at radius 1 is 1.17 bits per heavy atom. The number of para-hydroxylation sites is 1. The molecule has 0 unspecified atom stereocenters. The number of rotatable bonds is 4. The minimum Gasteiger partial charge on any atom is -0.451 e. The van der Waals surface area contributed by atoms with Gasteiger partial charge in [0.15, 0.2) is 5.76 Å². The molecule has 1 aromatic heterocycles. The maximum absolute atomic E-state index is 12.8. The summed E-state index contributed by atoms with van der Waals surface area (Å²) < 4.78 is 5.89. The molecule has 1 saturated carbocycles. The zero-order valence-corrected chi connectivity index (χ0v) is 14.6. The first-order chi connectivity index (χ1) is 11.3. The van der Waals surface area contributed by atoms with Crippen molar-refractivity contribution in [3.63, 3.8) is 0 Å². The summed E-state index contributed by atoms with van der Waals surface area (Å²) in [5.74, 6) is 1.25. The predicted molar refractivity (Wildman–Crippen MR) is 97.0 cm³/mol. The third-order valence-electron chi connectivity index (χ3n) is 4.63. The van der Waals surface area contributed by atoms with Crippen LogP contribution in [0.5, 0.6) is 0 Å². The van der Waals surface area contributed by atoms with Crippen molar-refractivity contribution >= 4 is 28.6 Å². The van der Waals surface area contributed by atoms with Crippen LogP contribution in [-0.2, 0) is 5.75 Å². The minimum absolute atomic E-state index is 0.0455. The Hall–Kier alpha value is -1.42. The molecule has 0 spiro atoms. The second-order valence-electron chi connectivity index (χ2n) is 6.35. The molecule has 1 amide bonds. The summed E-state index contributed by atoms with van der Waals surface area (Å²) in [5, 5.41) is 4.28. The molecule has 1 aliphatic rings. The number of benzene rings is 1. The molecule has 4 heteroatoms. The largest absolute Gasteiger partial charge is 0.451 e. The fraction of sp³-hybridized carbons (Fsp3) is 0.526. The minimum atomic E-state index is -0.0455. The molecule has 0 radical (unpaired) electrons. The van der Waals surface area contributed by atoms with E-state index in [1.54, 1.807) is 11.8 Å². The van der Waals surface area contributed by atoms with Crippen LogP contribution in [0.4, 0.5) is 0 Å². The molecule has 23 heavy (non-hydrogen) atoms. The van der Waals surface area contributed by atoms with E-state index in [1.165, 1.54) is 32.1 Å². The number of carbonyl (C=O) groups excluding carboxylic acids is 1. The van der Waals surface area contributed by atoms with E-state index in [0.29, 0.717) is 5.76 Å². The molecule has 1 aromatic carbocycles. The number of nitrogens with one attached hydrogen (secondary N) is 1. The lowest BCUT2D eigenvalue weighted by molar-refractivity contribution is 0.0903. The van der Waals surface area contributed by atoms with Crippen molar-refractivity contribution in [2.45, 2.75) is 56.7 Å². The molecule has 1 heterocycles. The molecule has 124 valence electrons. The SMILES string of the molecule is CSCc1c(C(=O)NC2CCCCCCC2)oc2ccccc12. The van der Waals surface area contributed by atoms with E-state index in [9.17, 15) is 4.79 Å². The summed E-state index contributed by atoms with van der Waals surface area (Å²) in [6, 6.07) is 8.21. The monoisotopic (exact) mass is 331 g/mol. The highest BCUT2D eigenvalue weighted by atomic mass is 32.2. The van der Waals surface area contributed by atoms with Crippen LogP contribution in [0.2, 0.25) is 0 Å². The maximum Gasteiger partial charge on any atom is 0.287 e. The quantitative estimate of drug-likeness (QED) is 0.843. The fourth-order valence-electron chi connectivity index (χ4n) is 3.42. The van der Waals surface area contributed by atoms with Gasteiger partial charge in [0.05, 0.1) is 0 Å².